The fourth-order valence-corrected chi connectivity index (χ4v) is 3.15. The maximum absolute atomic E-state index is 13.8. The van der Waals surface area contributed by atoms with Gasteiger partial charge in [-0.05, 0) is 32.0 Å². The Morgan fingerprint density at radius 2 is 2.00 bits per heavy atom. The number of hydrogen-bond donors (Lipinski definition) is 1. The largest absolute Gasteiger partial charge is 0.497 e. The van der Waals surface area contributed by atoms with Crippen molar-refractivity contribution in [3.05, 3.63) is 58.5 Å². The number of aromatic nitrogens is 3. The Balaban J connectivity index is 2.10. The van der Waals surface area contributed by atoms with Gasteiger partial charge in [-0.3, -0.25) is 4.79 Å². The summed E-state index contributed by atoms with van der Waals surface area (Å²) in [5, 5.41) is 5.70. The molecular weight excluding hydrogens is 465 g/mol. The number of allylic oxidation sites excluding steroid dienone is 1. The molecular formula is C21H18ClF3N4O4. The number of amides is 1. The summed E-state index contributed by atoms with van der Waals surface area (Å²) in [6.07, 6.45) is -3.80. The minimum Gasteiger partial charge on any atom is -0.497 e. The average Bonchev–Trinajstić information content (AvgIpc) is 3.09. The van der Waals surface area contributed by atoms with Crippen LogP contribution in [0, 0.1) is 0 Å². The zero-order valence-electron chi connectivity index (χ0n) is 17.7. The third-order valence-corrected chi connectivity index (χ3v) is 4.68. The highest BCUT2D eigenvalue weighted by molar-refractivity contribution is 6.36. The van der Waals surface area contributed by atoms with Crippen molar-refractivity contribution in [2.45, 2.75) is 20.0 Å². The van der Waals surface area contributed by atoms with Crippen molar-refractivity contribution in [1.82, 2.24) is 19.9 Å². The molecule has 0 saturated heterocycles. The van der Waals surface area contributed by atoms with Gasteiger partial charge in [0.05, 0.1) is 19.4 Å². The molecule has 3 rings (SSSR count). The lowest BCUT2D eigenvalue weighted by Crippen LogP contribution is -2.23. The molecule has 0 radical (unpaired) electrons. The second kappa shape index (κ2) is 9.49. The molecule has 33 heavy (non-hydrogen) atoms. The van der Waals surface area contributed by atoms with Crippen molar-refractivity contribution in [2.24, 2.45) is 0 Å². The molecule has 0 aliphatic carbocycles. The molecule has 1 N–H and O–H groups in total. The zero-order valence-corrected chi connectivity index (χ0v) is 18.4. The van der Waals surface area contributed by atoms with Gasteiger partial charge in [0.2, 0.25) is 0 Å². The number of carbonyl (C=O) groups is 2. The molecule has 0 saturated carbocycles. The molecule has 2 heterocycles. The highest BCUT2D eigenvalue weighted by Gasteiger charge is 2.36. The second-order valence-corrected chi connectivity index (χ2v) is 7.07. The Morgan fingerprint density at radius 3 is 2.64 bits per heavy atom. The standard InChI is InChI=1S/C21H18ClF3N4O4/c1-4-33-16(30)8-11(2)26-20(31)18-17(22)19-27-14(12-6-5-7-13(9-12)32-3)10-15(21(23,24)25)29(19)28-18/h5-10H,4H2,1-3H3,(H,26,31)/b11-8+. The molecule has 2 aromatic heterocycles. The molecule has 12 heteroatoms. The van der Waals surface area contributed by atoms with Crippen LogP contribution in [-0.4, -0.2) is 40.2 Å². The monoisotopic (exact) mass is 482 g/mol. The number of benzene rings is 1. The molecule has 1 amide bonds. The Labute approximate surface area is 191 Å². The van der Waals surface area contributed by atoms with Gasteiger partial charge in [-0.15, -0.1) is 0 Å². The van der Waals surface area contributed by atoms with Crippen molar-refractivity contribution in [3.63, 3.8) is 0 Å². The van der Waals surface area contributed by atoms with Crippen LogP contribution in [0.2, 0.25) is 5.02 Å². The predicted octanol–water partition coefficient (Wildman–Crippen LogP) is 4.27. The minimum atomic E-state index is -4.82. The van der Waals surface area contributed by atoms with E-state index in [-0.39, 0.29) is 28.7 Å². The number of hydrogen-bond acceptors (Lipinski definition) is 6. The van der Waals surface area contributed by atoms with E-state index >= 15 is 0 Å². The second-order valence-electron chi connectivity index (χ2n) is 6.69. The maximum atomic E-state index is 13.8. The first kappa shape index (κ1) is 24.1. The van der Waals surface area contributed by atoms with E-state index in [0.717, 1.165) is 12.1 Å². The number of alkyl halides is 3. The number of halogens is 4. The van der Waals surface area contributed by atoms with E-state index in [0.29, 0.717) is 15.8 Å². The van der Waals surface area contributed by atoms with Crippen molar-refractivity contribution >= 4 is 29.1 Å². The average molecular weight is 483 g/mol. The number of esters is 1. The molecule has 0 bridgehead atoms. The molecule has 174 valence electrons. The van der Waals surface area contributed by atoms with Crippen LogP contribution in [0.1, 0.15) is 30.0 Å². The minimum absolute atomic E-state index is 0.0409. The summed E-state index contributed by atoms with van der Waals surface area (Å²) < 4.78 is 51.7. The zero-order chi connectivity index (χ0) is 24.3. The fraction of sp³-hybridized carbons (Fsp3) is 0.238. The smallest absolute Gasteiger partial charge is 0.433 e. The highest BCUT2D eigenvalue weighted by Crippen LogP contribution is 2.35. The SMILES string of the molecule is CCOC(=O)/C=C(\C)NC(=O)c1nn2c(C(F)(F)F)cc(-c3cccc(OC)c3)nc2c1Cl. The first-order valence-electron chi connectivity index (χ1n) is 9.52. The van der Waals surface area contributed by atoms with E-state index < -0.39 is 29.4 Å². The molecule has 0 aliphatic heterocycles. The van der Waals surface area contributed by atoms with Crippen molar-refractivity contribution in [2.75, 3.05) is 13.7 Å². The molecule has 8 nitrogen and oxygen atoms in total. The quantitative estimate of drug-likeness (QED) is 0.416. The van der Waals surface area contributed by atoms with Crippen LogP contribution in [0.5, 0.6) is 5.75 Å². The number of nitrogens with zero attached hydrogens (tertiary/aromatic N) is 3. The Morgan fingerprint density at radius 1 is 1.27 bits per heavy atom. The van der Waals surface area contributed by atoms with Gasteiger partial charge in [0, 0.05) is 17.3 Å². The summed E-state index contributed by atoms with van der Waals surface area (Å²) in [6, 6.07) is 7.11. The van der Waals surface area contributed by atoms with Crippen molar-refractivity contribution < 1.29 is 32.2 Å². The van der Waals surface area contributed by atoms with Gasteiger partial charge in [0.15, 0.2) is 17.0 Å². The number of rotatable bonds is 6. The van der Waals surface area contributed by atoms with E-state index in [9.17, 15) is 22.8 Å². The van der Waals surface area contributed by atoms with Crippen molar-refractivity contribution in [1.29, 1.82) is 0 Å². The van der Waals surface area contributed by atoms with Gasteiger partial charge in [-0.2, -0.15) is 18.3 Å². The van der Waals surface area contributed by atoms with Crippen LogP contribution in [0.3, 0.4) is 0 Å². The molecule has 3 aromatic rings. The van der Waals surface area contributed by atoms with Crippen LogP contribution < -0.4 is 10.1 Å². The van der Waals surface area contributed by atoms with E-state index in [1.807, 2.05) is 0 Å². The molecule has 0 unspecified atom stereocenters. The number of ether oxygens (including phenoxy) is 2. The summed E-state index contributed by atoms with van der Waals surface area (Å²) in [7, 11) is 1.42. The first-order chi connectivity index (χ1) is 15.5. The van der Waals surface area contributed by atoms with Gasteiger partial charge >= 0.3 is 12.1 Å². The lowest BCUT2D eigenvalue weighted by molar-refractivity contribution is -0.142. The normalized spacial score (nSPS) is 12.0. The Hall–Kier alpha value is -3.60. The lowest BCUT2D eigenvalue weighted by Gasteiger charge is -2.11. The number of carbonyl (C=O) groups excluding carboxylic acids is 2. The Bertz CT molecular complexity index is 1250. The Kier molecular flexibility index (Phi) is 6.92. The van der Waals surface area contributed by atoms with E-state index in [1.165, 1.54) is 20.1 Å². The predicted molar refractivity (Wildman–Crippen MR) is 113 cm³/mol. The molecule has 0 fully saturated rings. The fourth-order valence-electron chi connectivity index (χ4n) is 2.90. The maximum Gasteiger partial charge on any atom is 0.433 e. The van der Waals surface area contributed by atoms with Gasteiger partial charge in [-0.25, -0.2) is 14.3 Å². The number of methoxy groups -OCH3 is 1. The lowest BCUT2D eigenvalue weighted by atomic mass is 10.1. The first-order valence-corrected chi connectivity index (χ1v) is 9.90. The topological polar surface area (TPSA) is 94.8 Å². The molecule has 1 aromatic carbocycles. The van der Waals surface area contributed by atoms with E-state index in [4.69, 9.17) is 21.1 Å². The summed E-state index contributed by atoms with van der Waals surface area (Å²) >= 11 is 6.22. The van der Waals surface area contributed by atoms with Crippen LogP contribution in [0.25, 0.3) is 16.9 Å². The summed E-state index contributed by atoms with van der Waals surface area (Å²) in [5.41, 5.74) is -1.63. The van der Waals surface area contributed by atoms with Gasteiger partial charge in [0.25, 0.3) is 5.91 Å². The molecule has 0 aliphatic rings. The van der Waals surface area contributed by atoms with E-state index in [1.54, 1.807) is 25.1 Å². The van der Waals surface area contributed by atoms with Gasteiger partial charge in [0.1, 0.15) is 10.8 Å². The summed E-state index contributed by atoms with van der Waals surface area (Å²) in [5.74, 6) is -1.19. The summed E-state index contributed by atoms with van der Waals surface area (Å²) in [4.78, 5) is 28.3. The van der Waals surface area contributed by atoms with Crippen LogP contribution in [0.15, 0.2) is 42.1 Å². The summed E-state index contributed by atoms with van der Waals surface area (Å²) in [6.45, 7) is 3.15. The molecule has 0 spiro atoms. The van der Waals surface area contributed by atoms with Crippen LogP contribution in [0.4, 0.5) is 13.2 Å². The molecule has 0 atom stereocenters. The van der Waals surface area contributed by atoms with Crippen LogP contribution in [-0.2, 0) is 15.7 Å². The van der Waals surface area contributed by atoms with Crippen LogP contribution >= 0.6 is 11.6 Å². The third kappa shape index (κ3) is 5.25. The number of fused-ring (bicyclic) bond motifs is 1. The highest BCUT2D eigenvalue weighted by atomic mass is 35.5. The van der Waals surface area contributed by atoms with Crippen molar-refractivity contribution in [3.8, 4) is 17.0 Å². The number of nitrogens with one attached hydrogen (secondary N) is 1. The van der Waals surface area contributed by atoms with E-state index in [2.05, 4.69) is 15.4 Å². The van der Waals surface area contributed by atoms with Gasteiger partial charge in [-0.1, -0.05) is 23.7 Å². The third-order valence-electron chi connectivity index (χ3n) is 4.34. The van der Waals surface area contributed by atoms with Gasteiger partial charge < -0.3 is 14.8 Å².